The number of ether oxygens (including phenoxy) is 1. The lowest BCUT2D eigenvalue weighted by atomic mass is 9.96. The third-order valence-corrected chi connectivity index (χ3v) is 2.38. The molecule has 0 aromatic carbocycles. The quantitative estimate of drug-likeness (QED) is 0.683. The van der Waals surface area contributed by atoms with E-state index in [1.165, 1.54) is 0 Å². The topological polar surface area (TPSA) is 47.0 Å². The van der Waals surface area contributed by atoms with E-state index in [-0.39, 0.29) is 5.41 Å². The maximum atomic E-state index is 4.97. The van der Waals surface area contributed by atoms with Crippen molar-refractivity contribution < 1.29 is 4.74 Å². The van der Waals surface area contributed by atoms with Crippen LogP contribution in [0.25, 0.3) is 0 Å². The predicted octanol–water partition coefficient (Wildman–Crippen LogP) is 2.59. The van der Waals surface area contributed by atoms with Crippen molar-refractivity contribution in [3.8, 4) is 0 Å². The SMILES string of the molecule is COCCNc1cc(Br)nc(C(C)(C)C)n1. The number of hydrogen-bond donors (Lipinski definition) is 1. The zero-order valence-corrected chi connectivity index (χ0v) is 11.8. The predicted molar refractivity (Wildman–Crippen MR) is 68.8 cm³/mol. The zero-order chi connectivity index (χ0) is 12.2. The minimum Gasteiger partial charge on any atom is -0.383 e. The van der Waals surface area contributed by atoms with Crippen molar-refractivity contribution in [1.29, 1.82) is 0 Å². The van der Waals surface area contributed by atoms with Crippen LogP contribution in [0.4, 0.5) is 5.82 Å². The van der Waals surface area contributed by atoms with Gasteiger partial charge in [0.05, 0.1) is 6.61 Å². The number of halogens is 1. The number of nitrogens with one attached hydrogen (secondary N) is 1. The van der Waals surface area contributed by atoms with Crippen LogP contribution in [-0.2, 0) is 10.2 Å². The molecule has 16 heavy (non-hydrogen) atoms. The summed E-state index contributed by atoms with van der Waals surface area (Å²) < 4.78 is 5.77. The number of anilines is 1. The van der Waals surface area contributed by atoms with E-state index in [0.29, 0.717) is 6.61 Å². The van der Waals surface area contributed by atoms with Crippen LogP contribution in [0.15, 0.2) is 10.7 Å². The van der Waals surface area contributed by atoms with E-state index in [9.17, 15) is 0 Å². The highest BCUT2D eigenvalue weighted by atomic mass is 79.9. The Morgan fingerprint density at radius 3 is 2.62 bits per heavy atom. The highest BCUT2D eigenvalue weighted by molar-refractivity contribution is 9.10. The van der Waals surface area contributed by atoms with Crippen molar-refractivity contribution in [3.63, 3.8) is 0 Å². The second-order valence-corrected chi connectivity index (χ2v) is 5.38. The molecule has 0 fully saturated rings. The molecular formula is C11H18BrN3O. The smallest absolute Gasteiger partial charge is 0.137 e. The Morgan fingerprint density at radius 1 is 1.38 bits per heavy atom. The van der Waals surface area contributed by atoms with E-state index in [2.05, 4.69) is 52.0 Å². The van der Waals surface area contributed by atoms with Crippen molar-refractivity contribution in [1.82, 2.24) is 9.97 Å². The first kappa shape index (κ1) is 13.4. The molecule has 0 radical (unpaired) electrons. The summed E-state index contributed by atoms with van der Waals surface area (Å²) in [6, 6.07) is 1.87. The Morgan fingerprint density at radius 2 is 2.06 bits per heavy atom. The maximum Gasteiger partial charge on any atom is 0.137 e. The summed E-state index contributed by atoms with van der Waals surface area (Å²) in [7, 11) is 1.68. The summed E-state index contributed by atoms with van der Waals surface area (Å²) in [5, 5.41) is 3.19. The van der Waals surface area contributed by atoms with Crippen LogP contribution < -0.4 is 5.32 Å². The summed E-state index contributed by atoms with van der Waals surface area (Å²) in [5.74, 6) is 1.64. The van der Waals surface area contributed by atoms with Crippen molar-refractivity contribution in [2.75, 3.05) is 25.6 Å². The molecule has 0 aliphatic heterocycles. The third-order valence-electron chi connectivity index (χ3n) is 1.98. The fraction of sp³-hybridized carbons (Fsp3) is 0.636. The monoisotopic (exact) mass is 287 g/mol. The normalized spacial score (nSPS) is 11.6. The molecule has 1 N–H and O–H groups in total. The fourth-order valence-electron chi connectivity index (χ4n) is 1.12. The van der Waals surface area contributed by atoms with Gasteiger partial charge < -0.3 is 10.1 Å². The molecule has 5 heteroatoms. The molecule has 1 heterocycles. The van der Waals surface area contributed by atoms with Gasteiger partial charge >= 0.3 is 0 Å². The molecule has 0 spiro atoms. The molecular weight excluding hydrogens is 270 g/mol. The molecule has 0 aliphatic rings. The Kier molecular flexibility index (Phi) is 4.68. The van der Waals surface area contributed by atoms with Crippen LogP contribution >= 0.6 is 15.9 Å². The van der Waals surface area contributed by atoms with E-state index in [0.717, 1.165) is 22.8 Å². The fourth-order valence-corrected chi connectivity index (χ4v) is 1.51. The van der Waals surface area contributed by atoms with Crippen molar-refractivity contribution in [2.45, 2.75) is 26.2 Å². The molecule has 0 amide bonds. The van der Waals surface area contributed by atoms with Gasteiger partial charge in [-0.05, 0) is 15.9 Å². The van der Waals surface area contributed by atoms with E-state index in [1.54, 1.807) is 7.11 Å². The minimum atomic E-state index is -0.0541. The lowest BCUT2D eigenvalue weighted by Gasteiger charge is -2.17. The molecule has 4 nitrogen and oxygen atoms in total. The number of methoxy groups -OCH3 is 1. The lowest BCUT2D eigenvalue weighted by Crippen LogP contribution is -2.18. The van der Waals surface area contributed by atoms with E-state index in [4.69, 9.17) is 4.74 Å². The van der Waals surface area contributed by atoms with E-state index >= 15 is 0 Å². The van der Waals surface area contributed by atoms with Gasteiger partial charge in [-0.1, -0.05) is 20.8 Å². The average Bonchev–Trinajstić information content (AvgIpc) is 2.16. The van der Waals surface area contributed by atoms with Gasteiger partial charge in [-0.15, -0.1) is 0 Å². The number of hydrogen-bond acceptors (Lipinski definition) is 4. The van der Waals surface area contributed by atoms with E-state index in [1.807, 2.05) is 6.07 Å². The Hall–Kier alpha value is -0.680. The maximum absolute atomic E-state index is 4.97. The van der Waals surface area contributed by atoms with Crippen LogP contribution in [0.3, 0.4) is 0 Å². The second-order valence-electron chi connectivity index (χ2n) is 4.57. The summed E-state index contributed by atoms with van der Waals surface area (Å²) in [6.07, 6.45) is 0. The Bertz CT molecular complexity index is 350. The molecule has 0 aliphatic carbocycles. The van der Waals surface area contributed by atoms with Crippen LogP contribution in [0.2, 0.25) is 0 Å². The highest BCUT2D eigenvalue weighted by Gasteiger charge is 2.18. The van der Waals surface area contributed by atoms with Crippen LogP contribution in [0.5, 0.6) is 0 Å². The Labute approximate surface area is 105 Å². The van der Waals surface area contributed by atoms with Gasteiger partial charge in [-0.3, -0.25) is 0 Å². The molecule has 0 saturated heterocycles. The van der Waals surface area contributed by atoms with Crippen molar-refractivity contribution >= 4 is 21.7 Å². The van der Waals surface area contributed by atoms with Crippen LogP contribution in [0.1, 0.15) is 26.6 Å². The molecule has 0 unspecified atom stereocenters. The van der Waals surface area contributed by atoms with Gasteiger partial charge in [0.1, 0.15) is 16.2 Å². The molecule has 1 rings (SSSR count). The summed E-state index contributed by atoms with van der Waals surface area (Å²) in [4.78, 5) is 8.84. The molecule has 0 saturated carbocycles. The highest BCUT2D eigenvalue weighted by Crippen LogP contribution is 2.22. The number of nitrogens with zero attached hydrogens (tertiary/aromatic N) is 2. The molecule has 90 valence electrons. The van der Waals surface area contributed by atoms with Gasteiger partial charge in [0.25, 0.3) is 0 Å². The zero-order valence-electron chi connectivity index (χ0n) is 10.2. The number of aromatic nitrogens is 2. The first-order chi connectivity index (χ1) is 7.43. The average molecular weight is 288 g/mol. The summed E-state index contributed by atoms with van der Waals surface area (Å²) in [6.45, 7) is 7.67. The van der Waals surface area contributed by atoms with Gasteiger partial charge in [0.2, 0.25) is 0 Å². The molecule has 1 aromatic rings. The first-order valence-electron chi connectivity index (χ1n) is 5.21. The summed E-state index contributed by atoms with van der Waals surface area (Å²) in [5.41, 5.74) is -0.0541. The first-order valence-corrected chi connectivity index (χ1v) is 6.00. The van der Waals surface area contributed by atoms with Gasteiger partial charge in [-0.25, -0.2) is 9.97 Å². The largest absolute Gasteiger partial charge is 0.383 e. The number of rotatable bonds is 4. The summed E-state index contributed by atoms with van der Waals surface area (Å²) >= 11 is 3.39. The third kappa shape index (κ3) is 4.06. The molecule has 0 atom stereocenters. The van der Waals surface area contributed by atoms with Crippen molar-refractivity contribution in [2.24, 2.45) is 0 Å². The minimum absolute atomic E-state index is 0.0541. The Balaban J connectivity index is 2.82. The molecule has 0 bridgehead atoms. The van der Waals surface area contributed by atoms with Gasteiger partial charge in [0.15, 0.2) is 0 Å². The van der Waals surface area contributed by atoms with Crippen LogP contribution in [-0.4, -0.2) is 30.2 Å². The second kappa shape index (κ2) is 5.59. The molecule has 1 aromatic heterocycles. The standard InChI is InChI=1S/C11H18BrN3O/c1-11(2,3)10-14-8(12)7-9(15-10)13-5-6-16-4/h7H,5-6H2,1-4H3,(H,13,14,15). The van der Waals surface area contributed by atoms with Gasteiger partial charge in [-0.2, -0.15) is 0 Å². The van der Waals surface area contributed by atoms with Crippen LogP contribution in [0, 0.1) is 0 Å². The van der Waals surface area contributed by atoms with E-state index < -0.39 is 0 Å². The lowest BCUT2D eigenvalue weighted by molar-refractivity contribution is 0.210. The van der Waals surface area contributed by atoms with Crippen molar-refractivity contribution in [3.05, 3.63) is 16.5 Å². The van der Waals surface area contributed by atoms with Gasteiger partial charge in [0, 0.05) is 25.1 Å².